The predicted octanol–water partition coefficient (Wildman–Crippen LogP) is 4.32. The monoisotopic (exact) mass is 563 g/mol. The molecule has 5 rings (SSSR count). The highest BCUT2D eigenvalue weighted by atomic mass is 16.7. The third-order valence-corrected chi connectivity index (χ3v) is 7.11. The summed E-state index contributed by atoms with van der Waals surface area (Å²) in [7, 11) is 6.82. The largest absolute Gasteiger partial charge is 0.480 e. The first kappa shape index (κ1) is 28.3. The second-order valence-corrected chi connectivity index (χ2v) is 11.3. The van der Waals surface area contributed by atoms with Crippen molar-refractivity contribution in [2.24, 2.45) is 7.05 Å². The van der Waals surface area contributed by atoms with Crippen LogP contribution in [0.2, 0.25) is 0 Å². The molecule has 0 saturated carbocycles. The van der Waals surface area contributed by atoms with E-state index in [0.29, 0.717) is 40.6 Å². The Hall–Kier alpha value is -4.19. The van der Waals surface area contributed by atoms with E-state index in [1.54, 1.807) is 37.0 Å². The minimum absolute atomic E-state index is 0.0252. The van der Waals surface area contributed by atoms with Crippen molar-refractivity contribution >= 4 is 33.7 Å². The van der Waals surface area contributed by atoms with Crippen molar-refractivity contribution in [2.75, 3.05) is 46.0 Å². The van der Waals surface area contributed by atoms with Gasteiger partial charge in [0, 0.05) is 51.4 Å². The number of likely N-dealkylation sites (N-methyl/N-ethyl adjacent to an activating group) is 1. The lowest BCUT2D eigenvalue weighted by Crippen LogP contribution is -2.42. The van der Waals surface area contributed by atoms with Crippen LogP contribution < -0.4 is 14.4 Å². The van der Waals surface area contributed by atoms with E-state index >= 15 is 0 Å². The minimum atomic E-state index is -0.541. The zero-order valence-corrected chi connectivity index (χ0v) is 24.9. The zero-order chi connectivity index (χ0) is 29.5. The molecule has 0 aliphatic carbocycles. The molecular weight excluding hydrogens is 526 g/mol. The van der Waals surface area contributed by atoms with Gasteiger partial charge in [-0.3, -0.25) is 4.68 Å². The molecule has 1 aliphatic rings. The molecular formula is C29H37N7O5. The molecule has 218 valence electrons. The number of pyridine rings is 1. The molecule has 0 spiro atoms. The Morgan fingerprint density at radius 3 is 2.68 bits per heavy atom. The van der Waals surface area contributed by atoms with E-state index in [9.17, 15) is 4.79 Å². The molecule has 1 fully saturated rings. The first-order valence-electron chi connectivity index (χ1n) is 13.5. The second-order valence-electron chi connectivity index (χ2n) is 11.3. The number of fused-ring (bicyclic) bond motifs is 2. The van der Waals surface area contributed by atoms with Crippen molar-refractivity contribution in [1.29, 1.82) is 0 Å². The number of nitrogens with zero attached hydrogens (tertiary/aromatic N) is 7. The smallest absolute Gasteiger partial charge is 0.410 e. The van der Waals surface area contributed by atoms with Gasteiger partial charge in [-0.25, -0.2) is 14.8 Å². The van der Waals surface area contributed by atoms with Crippen LogP contribution in [0.4, 0.5) is 10.5 Å². The maximum Gasteiger partial charge on any atom is 0.410 e. The molecule has 3 aromatic heterocycles. The van der Waals surface area contributed by atoms with E-state index in [-0.39, 0.29) is 18.9 Å². The standard InChI is InChI=1S/C29H37N7O5/c1-17-23-18(14-34(5)33-23)11-21(24(17)40-16-38-7)26-31-25-22(27(32-26)39-8)12-20(13-30-25)36-10-9-19(15-36)35(6)28(37)41-29(2,3)4/h11-14,19H,9-10,15-16H2,1-8H3/t19-/m0/s1. The van der Waals surface area contributed by atoms with Crippen molar-refractivity contribution in [3.8, 4) is 23.0 Å². The van der Waals surface area contributed by atoms with Gasteiger partial charge in [-0.05, 0) is 46.2 Å². The molecule has 4 heterocycles. The summed E-state index contributed by atoms with van der Waals surface area (Å²) >= 11 is 0. The number of carbonyl (C=O) groups excluding carboxylic acids is 1. The van der Waals surface area contributed by atoms with Gasteiger partial charge in [0.2, 0.25) is 5.88 Å². The van der Waals surface area contributed by atoms with Crippen molar-refractivity contribution < 1.29 is 23.7 Å². The van der Waals surface area contributed by atoms with Crippen LogP contribution in [-0.2, 0) is 16.5 Å². The summed E-state index contributed by atoms with van der Waals surface area (Å²) in [6.07, 6.45) is 4.24. The van der Waals surface area contributed by atoms with Crippen molar-refractivity contribution in [3.05, 3.63) is 30.1 Å². The van der Waals surface area contributed by atoms with E-state index in [1.807, 2.05) is 53.1 Å². The fourth-order valence-corrected chi connectivity index (χ4v) is 5.10. The van der Waals surface area contributed by atoms with Crippen LogP contribution in [0.1, 0.15) is 32.8 Å². The third-order valence-electron chi connectivity index (χ3n) is 7.11. The molecule has 1 amide bonds. The second kappa shape index (κ2) is 11.0. The first-order chi connectivity index (χ1) is 19.5. The number of aryl methyl sites for hydroxylation is 2. The number of ether oxygens (including phenoxy) is 4. The van der Waals surface area contributed by atoms with Gasteiger partial charge < -0.3 is 28.7 Å². The first-order valence-corrected chi connectivity index (χ1v) is 13.5. The Bertz CT molecular complexity index is 1600. The van der Waals surface area contributed by atoms with Gasteiger partial charge in [-0.2, -0.15) is 10.1 Å². The number of anilines is 1. The molecule has 0 unspecified atom stereocenters. The van der Waals surface area contributed by atoms with Gasteiger partial charge in [0.25, 0.3) is 0 Å². The number of rotatable bonds is 7. The quantitative estimate of drug-likeness (QED) is 0.301. The minimum Gasteiger partial charge on any atom is -0.480 e. The van der Waals surface area contributed by atoms with Gasteiger partial charge in [-0.15, -0.1) is 0 Å². The molecule has 12 heteroatoms. The van der Waals surface area contributed by atoms with Gasteiger partial charge in [0.15, 0.2) is 18.3 Å². The average Bonchev–Trinajstić information content (AvgIpc) is 3.57. The number of hydrogen-bond donors (Lipinski definition) is 0. The normalized spacial score (nSPS) is 15.5. The number of methoxy groups -OCH3 is 2. The van der Waals surface area contributed by atoms with E-state index in [1.165, 1.54) is 0 Å². The Balaban J connectivity index is 1.48. The molecule has 1 aliphatic heterocycles. The molecule has 0 N–H and O–H groups in total. The average molecular weight is 564 g/mol. The van der Waals surface area contributed by atoms with Crippen LogP contribution in [0.3, 0.4) is 0 Å². The van der Waals surface area contributed by atoms with Crippen LogP contribution in [0.5, 0.6) is 11.6 Å². The number of aromatic nitrogens is 5. The summed E-state index contributed by atoms with van der Waals surface area (Å²) < 4.78 is 24.2. The summed E-state index contributed by atoms with van der Waals surface area (Å²) in [6.45, 7) is 9.06. The maximum absolute atomic E-state index is 12.6. The summed E-state index contributed by atoms with van der Waals surface area (Å²) in [4.78, 5) is 30.7. The molecule has 1 atom stereocenters. The van der Waals surface area contributed by atoms with Crippen LogP contribution >= 0.6 is 0 Å². The highest BCUT2D eigenvalue weighted by Gasteiger charge is 2.31. The summed E-state index contributed by atoms with van der Waals surface area (Å²) in [5.41, 5.74) is 3.25. The Morgan fingerprint density at radius 1 is 1.20 bits per heavy atom. The van der Waals surface area contributed by atoms with E-state index in [4.69, 9.17) is 33.9 Å². The van der Waals surface area contributed by atoms with Crippen LogP contribution in [0, 0.1) is 6.92 Å². The maximum atomic E-state index is 12.6. The summed E-state index contributed by atoms with van der Waals surface area (Å²) in [6, 6.07) is 3.97. The SMILES string of the molecule is COCOc1c(-c2nc(OC)c3cc(N4CC[C@H](N(C)C(=O)OC(C)(C)C)C4)cnc3n2)cc2cn(C)nc2c1C. The molecule has 4 aromatic rings. The number of carbonyl (C=O) groups is 1. The van der Waals surface area contributed by atoms with Gasteiger partial charge >= 0.3 is 6.09 Å². The lowest BCUT2D eigenvalue weighted by atomic mass is 10.0. The highest BCUT2D eigenvalue weighted by molar-refractivity contribution is 5.92. The predicted molar refractivity (Wildman–Crippen MR) is 155 cm³/mol. The molecule has 41 heavy (non-hydrogen) atoms. The van der Waals surface area contributed by atoms with Crippen LogP contribution in [0.25, 0.3) is 33.3 Å². The topological polar surface area (TPSA) is 117 Å². The zero-order valence-electron chi connectivity index (χ0n) is 24.9. The lowest BCUT2D eigenvalue weighted by Gasteiger charge is -2.28. The van der Waals surface area contributed by atoms with Crippen molar-refractivity contribution in [3.63, 3.8) is 0 Å². The Kier molecular flexibility index (Phi) is 7.60. The van der Waals surface area contributed by atoms with Crippen LogP contribution in [-0.4, -0.2) is 88.5 Å². The Labute approximate surface area is 239 Å². The van der Waals surface area contributed by atoms with Crippen molar-refractivity contribution in [2.45, 2.75) is 45.8 Å². The van der Waals surface area contributed by atoms with E-state index < -0.39 is 5.60 Å². The number of hydrogen-bond acceptors (Lipinski definition) is 10. The molecule has 1 saturated heterocycles. The van der Waals surface area contributed by atoms with Gasteiger partial charge in [-0.1, -0.05) is 0 Å². The van der Waals surface area contributed by atoms with E-state index in [2.05, 4.69) is 10.00 Å². The van der Waals surface area contributed by atoms with Crippen molar-refractivity contribution in [1.82, 2.24) is 29.6 Å². The third kappa shape index (κ3) is 5.69. The highest BCUT2D eigenvalue weighted by Crippen LogP contribution is 2.38. The van der Waals surface area contributed by atoms with Gasteiger partial charge in [0.1, 0.15) is 11.4 Å². The fourth-order valence-electron chi connectivity index (χ4n) is 5.10. The van der Waals surface area contributed by atoms with Gasteiger partial charge in [0.05, 0.1) is 41.5 Å². The van der Waals surface area contributed by atoms with E-state index in [0.717, 1.165) is 35.1 Å². The Morgan fingerprint density at radius 2 is 1.98 bits per heavy atom. The molecule has 0 radical (unpaired) electrons. The lowest BCUT2D eigenvalue weighted by molar-refractivity contribution is 0.0238. The summed E-state index contributed by atoms with van der Waals surface area (Å²) in [5, 5.41) is 6.20. The fraction of sp³-hybridized carbons (Fsp3) is 0.483. The molecule has 0 bridgehead atoms. The number of benzene rings is 1. The molecule has 1 aromatic carbocycles. The summed E-state index contributed by atoms with van der Waals surface area (Å²) in [5.74, 6) is 1.42. The van der Waals surface area contributed by atoms with Crippen LogP contribution in [0.15, 0.2) is 24.5 Å². The number of amides is 1. The molecule has 12 nitrogen and oxygen atoms in total.